The molecule has 2 aromatic heterocycles. The van der Waals surface area contributed by atoms with Gasteiger partial charge in [-0.2, -0.15) is 0 Å². The maximum atomic E-state index is 13.0. The molecule has 7 nitrogen and oxygen atoms in total. The third kappa shape index (κ3) is 4.86. The van der Waals surface area contributed by atoms with Gasteiger partial charge in [-0.3, -0.25) is 9.59 Å². The second-order valence-corrected chi connectivity index (χ2v) is 6.17. The number of pyridine rings is 1. The van der Waals surface area contributed by atoms with Crippen molar-refractivity contribution in [2.45, 2.75) is 12.7 Å². The molecule has 152 valence electrons. The number of carbonyl (C=O) groups excluding carboxylic acids is 1. The zero-order valence-electron chi connectivity index (χ0n) is 15.9. The number of ether oxygens (including phenoxy) is 3. The zero-order valence-corrected chi connectivity index (χ0v) is 15.9. The molecule has 0 amide bonds. The first-order valence-electron chi connectivity index (χ1n) is 8.76. The summed E-state index contributed by atoms with van der Waals surface area (Å²) < 4.78 is 34.1. The molecule has 0 saturated carbocycles. The van der Waals surface area contributed by atoms with E-state index in [-0.39, 0.29) is 29.5 Å². The van der Waals surface area contributed by atoms with E-state index in [1.165, 1.54) is 44.7 Å². The summed E-state index contributed by atoms with van der Waals surface area (Å²) in [7, 11) is 2.79. The predicted octanol–water partition coefficient (Wildman–Crippen LogP) is 3.19. The summed E-state index contributed by atoms with van der Waals surface area (Å²) in [6.45, 7) is -0.122. The molecule has 0 fully saturated rings. The van der Waals surface area contributed by atoms with E-state index in [0.717, 1.165) is 5.56 Å². The molecule has 0 aliphatic heterocycles. The summed E-state index contributed by atoms with van der Waals surface area (Å²) in [5.74, 6) is -0.213. The van der Waals surface area contributed by atoms with Crippen LogP contribution in [-0.4, -0.2) is 31.8 Å². The number of methoxy groups -OCH3 is 2. The number of hydrogen-bond donors (Lipinski definition) is 1. The summed E-state index contributed by atoms with van der Waals surface area (Å²) in [5, 5.41) is 0. The lowest BCUT2D eigenvalue weighted by atomic mass is 10.0. The second-order valence-electron chi connectivity index (χ2n) is 6.17. The number of ketones is 1. The van der Waals surface area contributed by atoms with Crippen LogP contribution in [0.2, 0.25) is 0 Å². The van der Waals surface area contributed by atoms with Gasteiger partial charge in [-0.15, -0.1) is 0 Å². The highest BCUT2D eigenvalue weighted by Gasteiger charge is 2.25. The van der Waals surface area contributed by atoms with E-state index >= 15 is 0 Å². The van der Waals surface area contributed by atoms with E-state index in [4.69, 9.17) is 18.6 Å². The predicted molar refractivity (Wildman–Crippen MR) is 101 cm³/mol. The fourth-order valence-corrected chi connectivity index (χ4v) is 2.85. The Morgan fingerprint density at radius 3 is 2.59 bits per heavy atom. The van der Waals surface area contributed by atoms with Gasteiger partial charge in [0.1, 0.15) is 18.4 Å². The van der Waals surface area contributed by atoms with Crippen molar-refractivity contribution < 1.29 is 27.8 Å². The van der Waals surface area contributed by atoms with E-state index in [2.05, 4.69) is 4.98 Å². The minimum atomic E-state index is -1.09. The van der Waals surface area contributed by atoms with Crippen LogP contribution in [0.25, 0.3) is 0 Å². The Bertz CT molecular complexity index is 1020. The Labute approximate surface area is 166 Å². The number of hydrogen-bond acceptors (Lipinski definition) is 6. The quantitative estimate of drug-likeness (QED) is 0.437. The minimum Gasteiger partial charge on any atom is -0.457 e. The number of nitrogens with one attached hydrogen (secondary N) is 1. The van der Waals surface area contributed by atoms with Crippen molar-refractivity contribution >= 4 is 5.78 Å². The van der Waals surface area contributed by atoms with E-state index in [1.54, 1.807) is 18.2 Å². The number of H-pyrrole nitrogens is 1. The molecule has 0 radical (unpaired) electrons. The topological polar surface area (TPSA) is 90.8 Å². The molecule has 8 heteroatoms. The third-order valence-electron chi connectivity index (χ3n) is 4.21. The van der Waals surface area contributed by atoms with Crippen LogP contribution in [0.4, 0.5) is 4.39 Å². The van der Waals surface area contributed by atoms with E-state index in [1.807, 2.05) is 0 Å². The number of carbonyl (C=O) groups is 1. The molecule has 2 heterocycles. The number of benzene rings is 1. The largest absolute Gasteiger partial charge is 0.457 e. The minimum absolute atomic E-state index is 0.0218. The van der Waals surface area contributed by atoms with Crippen molar-refractivity contribution in [3.63, 3.8) is 0 Å². The van der Waals surface area contributed by atoms with Gasteiger partial charge in [0.15, 0.2) is 12.1 Å². The van der Waals surface area contributed by atoms with Crippen LogP contribution in [0.15, 0.2) is 57.9 Å². The van der Waals surface area contributed by atoms with Gasteiger partial charge in [-0.25, -0.2) is 4.39 Å². The first-order chi connectivity index (χ1) is 14.0. The van der Waals surface area contributed by atoms with Gasteiger partial charge >= 0.3 is 0 Å². The average molecular weight is 401 g/mol. The number of rotatable bonds is 9. The standard InChI is InChI=1S/C21H20FNO6/c1-26-12-28-21(27-2)18-16(9-10-23-20(18)25)19(24)17-8-7-15(29-17)11-13-3-5-14(22)6-4-13/h3-10,21H,11-12H2,1-2H3,(H,23,25). The van der Waals surface area contributed by atoms with Crippen molar-refractivity contribution in [1.82, 2.24) is 4.98 Å². The monoisotopic (exact) mass is 401 g/mol. The van der Waals surface area contributed by atoms with Crippen molar-refractivity contribution in [2.24, 2.45) is 0 Å². The molecule has 1 aromatic carbocycles. The molecular weight excluding hydrogens is 381 g/mol. The van der Waals surface area contributed by atoms with Gasteiger partial charge in [0.2, 0.25) is 5.78 Å². The third-order valence-corrected chi connectivity index (χ3v) is 4.21. The van der Waals surface area contributed by atoms with Crippen LogP contribution in [0, 0.1) is 5.82 Å². The van der Waals surface area contributed by atoms with Crippen molar-refractivity contribution in [1.29, 1.82) is 0 Å². The highest BCUT2D eigenvalue weighted by atomic mass is 19.1. The first kappa shape index (κ1) is 20.7. The van der Waals surface area contributed by atoms with Crippen molar-refractivity contribution in [3.05, 3.63) is 93.0 Å². The van der Waals surface area contributed by atoms with Gasteiger partial charge in [0.05, 0.1) is 5.56 Å². The number of aromatic amines is 1. The van der Waals surface area contributed by atoms with Gasteiger partial charge in [0.25, 0.3) is 5.56 Å². The van der Waals surface area contributed by atoms with Crippen LogP contribution in [0.5, 0.6) is 0 Å². The molecule has 1 unspecified atom stereocenters. The van der Waals surface area contributed by atoms with Crippen LogP contribution in [-0.2, 0) is 20.6 Å². The van der Waals surface area contributed by atoms with Gasteiger partial charge in [0, 0.05) is 32.4 Å². The molecule has 0 aliphatic carbocycles. The summed E-state index contributed by atoms with van der Waals surface area (Å²) in [6, 6.07) is 10.7. The van der Waals surface area contributed by atoms with E-state index < -0.39 is 17.6 Å². The highest BCUT2D eigenvalue weighted by molar-refractivity contribution is 6.08. The fraction of sp³-hybridized carbons (Fsp3) is 0.238. The second kappa shape index (κ2) is 9.42. The Morgan fingerprint density at radius 1 is 1.14 bits per heavy atom. The lowest BCUT2D eigenvalue weighted by Crippen LogP contribution is -2.24. The summed E-state index contributed by atoms with van der Waals surface area (Å²) in [6.07, 6.45) is 0.672. The van der Waals surface area contributed by atoms with Gasteiger partial charge in [-0.1, -0.05) is 12.1 Å². The van der Waals surface area contributed by atoms with E-state index in [9.17, 15) is 14.0 Å². The fourth-order valence-electron chi connectivity index (χ4n) is 2.85. The maximum absolute atomic E-state index is 13.0. The molecule has 1 N–H and O–H groups in total. The molecule has 1 atom stereocenters. The van der Waals surface area contributed by atoms with E-state index in [0.29, 0.717) is 12.2 Å². The van der Waals surface area contributed by atoms with Crippen LogP contribution in [0.3, 0.4) is 0 Å². The Balaban J connectivity index is 1.87. The molecular formula is C21H20FNO6. The number of furan rings is 1. The Morgan fingerprint density at radius 2 is 1.90 bits per heavy atom. The number of aromatic nitrogens is 1. The molecule has 0 saturated heterocycles. The molecule has 3 aromatic rings. The summed E-state index contributed by atoms with van der Waals surface area (Å²) >= 11 is 0. The zero-order chi connectivity index (χ0) is 20.8. The lowest BCUT2D eigenvalue weighted by Gasteiger charge is -2.17. The molecule has 0 bridgehead atoms. The summed E-state index contributed by atoms with van der Waals surface area (Å²) in [5.41, 5.74) is 0.439. The number of halogens is 1. The molecule has 0 aliphatic rings. The summed E-state index contributed by atoms with van der Waals surface area (Å²) in [4.78, 5) is 27.8. The first-order valence-corrected chi connectivity index (χ1v) is 8.76. The SMILES string of the molecule is COCOC(OC)c1c(C(=O)c2ccc(Cc3ccc(F)cc3)o2)cc[nH]c1=O. The smallest absolute Gasteiger partial charge is 0.257 e. The van der Waals surface area contributed by atoms with Gasteiger partial charge < -0.3 is 23.6 Å². The Kier molecular flexibility index (Phi) is 6.71. The average Bonchev–Trinajstić information content (AvgIpc) is 3.19. The van der Waals surface area contributed by atoms with Gasteiger partial charge in [-0.05, 0) is 35.9 Å². The highest BCUT2D eigenvalue weighted by Crippen LogP contribution is 2.23. The van der Waals surface area contributed by atoms with Crippen molar-refractivity contribution in [3.8, 4) is 0 Å². The van der Waals surface area contributed by atoms with Crippen LogP contribution >= 0.6 is 0 Å². The lowest BCUT2D eigenvalue weighted by molar-refractivity contribution is -0.180. The maximum Gasteiger partial charge on any atom is 0.257 e. The van der Waals surface area contributed by atoms with Crippen LogP contribution in [0.1, 0.15) is 39.3 Å². The molecule has 3 rings (SSSR count). The normalized spacial score (nSPS) is 12.1. The van der Waals surface area contributed by atoms with Crippen molar-refractivity contribution in [2.75, 3.05) is 21.0 Å². The molecule has 0 spiro atoms. The Hall–Kier alpha value is -3.07. The van der Waals surface area contributed by atoms with Crippen LogP contribution < -0.4 is 5.56 Å². The molecule has 29 heavy (non-hydrogen) atoms.